The lowest BCUT2D eigenvalue weighted by molar-refractivity contribution is 0.0381. The van der Waals surface area contributed by atoms with E-state index in [1.54, 1.807) is 0 Å². The average molecular weight is 265 g/mol. The number of imidazole rings is 1. The van der Waals surface area contributed by atoms with Crippen molar-refractivity contribution < 1.29 is 9.84 Å². The van der Waals surface area contributed by atoms with Crippen LogP contribution in [0.1, 0.15) is 17.9 Å². The number of hydrogen-bond acceptors (Lipinski definition) is 4. The second-order valence-corrected chi connectivity index (χ2v) is 5.56. The zero-order chi connectivity index (χ0) is 13.1. The lowest BCUT2D eigenvalue weighted by Crippen LogP contribution is -2.37. The quantitative estimate of drug-likeness (QED) is 0.851. The van der Waals surface area contributed by atoms with E-state index in [-0.39, 0.29) is 0 Å². The van der Waals surface area contributed by atoms with Crippen LogP contribution in [0.4, 0.5) is 0 Å². The fraction of sp³-hybridized carbons (Fsp3) is 0.786. The highest BCUT2D eigenvalue weighted by Gasteiger charge is 2.21. The van der Waals surface area contributed by atoms with Crippen molar-refractivity contribution in [2.75, 3.05) is 39.5 Å². The number of aliphatic hydroxyl groups is 1. The van der Waals surface area contributed by atoms with Crippen LogP contribution in [0.2, 0.25) is 0 Å². The standard InChI is InChI=1S/C14H23N3O2/c18-11-12-1-4-17-13(9-12)10-15-14(17)2-3-16-5-7-19-8-6-16/h10,12,18H,1-9,11H2. The van der Waals surface area contributed by atoms with Crippen LogP contribution in [0.5, 0.6) is 0 Å². The molecule has 5 nitrogen and oxygen atoms in total. The summed E-state index contributed by atoms with van der Waals surface area (Å²) in [6, 6.07) is 0. The highest BCUT2D eigenvalue weighted by Crippen LogP contribution is 2.21. The number of hydrogen-bond donors (Lipinski definition) is 1. The van der Waals surface area contributed by atoms with Gasteiger partial charge in [0.05, 0.1) is 13.2 Å². The van der Waals surface area contributed by atoms with Crippen molar-refractivity contribution in [3.05, 3.63) is 17.7 Å². The molecule has 2 aliphatic heterocycles. The summed E-state index contributed by atoms with van der Waals surface area (Å²) < 4.78 is 7.72. The van der Waals surface area contributed by atoms with E-state index in [0.717, 1.165) is 58.7 Å². The summed E-state index contributed by atoms with van der Waals surface area (Å²) in [5, 5.41) is 9.25. The van der Waals surface area contributed by atoms with E-state index in [0.29, 0.717) is 12.5 Å². The first-order valence-corrected chi connectivity index (χ1v) is 7.31. The smallest absolute Gasteiger partial charge is 0.110 e. The van der Waals surface area contributed by atoms with Gasteiger partial charge in [-0.3, -0.25) is 4.90 Å². The van der Waals surface area contributed by atoms with Crippen molar-refractivity contribution in [3.8, 4) is 0 Å². The Kier molecular flexibility index (Phi) is 4.15. The maximum Gasteiger partial charge on any atom is 0.110 e. The maximum atomic E-state index is 9.25. The topological polar surface area (TPSA) is 50.5 Å². The minimum absolute atomic E-state index is 0.300. The molecule has 3 rings (SSSR count). The van der Waals surface area contributed by atoms with Crippen LogP contribution in [0.3, 0.4) is 0 Å². The van der Waals surface area contributed by atoms with Crippen LogP contribution >= 0.6 is 0 Å². The fourth-order valence-electron chi connectivity index (χ4n) is 3.04. The van der Waals surface area contributed by atoms with E-state index in [2.05, 4.69) is 14.5 Å². The monoisotopic (exact) mass is 265 g/mol. The van der Waals surface area contributed by atoms with Crippen molar-refractivity contribution >= 4 is 0 Å². The van der Waals surface area contributed by atoms with Gasteiger partial charge in [-0.2, -0.15) is 0 Å². The van der Waals surface area contributed by atoms with Gasteiger partial charge < -0.3 is 14.4 Å². The number of morpholine rings is 1. The molecule has 1 N–H and O–H groups in total. The van der Waals surface area contributed by atoms with E-state index in [4.69, 9.17) is 4.74 Å². The first-order valence-electron chi connectivity index (χ1n) is 7.31. The Hall–Kier alpha value is -0.910. The molecule has 0 aliphatic carbocycles. The molecule has 0 radical (unpaired) electrons. The Bertz CT molecular complexity index is 413. The second kappa shape index (κ2) is 6.03. The van der Waals surface area contributed by atoms with Crippen molar-refractivity contribution in [3.63, 3.8) is 0 Å². The average Bonchev–Trinajstić information content (AvgIpc) is 2.88. The van der Waals surface area contributed by atoms with E-state index >= 15 is 0 Å². The molecule has 1 saturated heterocycles. The molecule has 0 saturated carbocycles. The van der Waals surface area contributed by atoms with Crippen molar-refractivity contribution in [2.45, 2.75) is 25.8 Å². The molecule has 1 unspecified atom stereocenters. The summed E-state index contributed by atoms with van der Waals surface area (Å²) in [6.07, 6.45) is 5.06. The number of ether oxygens (including phenoxy) is 1. The molecule has 0 aromatic carbocycles. The molecule has 0 bridgehead atoms. The summed E-state index contributed by atoms with van der Waals surface area (Å²) in [5.41, 5.74) is 1.29. The molecule has 1 aromatic rings. The third-order valence-corrected chi connectivity index (χ3v) is 4.29. The van der Waals surface area contributed by atoms with Gasteiger partial charge in [-0.25, -0.2) is 4.98 Å². The maximum absolute atomic E-state index is 9.25. The Morgan fingerprint density at radius 1 is 1.32 bits per heavy atom. The Morgan fingerprint density at radius 2 is 2.16 bits per heavy atom. The summed E-state index contributed by atoms with van der Waals surface area (Å²) >= 11 is 0. The molecule has 1 atom stereocenters. The predicted octanol–water partition coefficient (Wildman–Crippen LogP) is 0.313. The third kappa shape index (κ3) is 2.99. The molecule has 106 valence electrons. The first-order chi connectivity index (χ1) is 9.36. The van der Waals surface area contributed by atoms with Gasteiger partial charge in [0.25, 0.3) is 0 Å². The molecule has 19 heavy (non-hydrogen) atoms. The van der Waals surface area contributed by atoms with Gasteiger partial charge in [0, 0.05) is 51.1 Å². The molecule has 0 amide bonds. The number of aromatic nitrogens is 2. The number of rotatable bonds is 4. The zero-order valence-corrected chi connectivity index (χ0v) is 11.4. The van der Waals surface area contributed by atoms with Gasteiger partial charge in [-0.15, -0.1) is 0 Å². The number of nitrogens with zero attached hydrogens (tertiary/aromatic N) is 3. The van der Waals surface area contributed by atoms with Crippen LogP contribution in [-0.4, -0.2) is 59.0 Å². The lowest BCUT2D eigenvalue weighted by Gasteiger charge is -2.27. The Labute approximate surface area is 114 Å². The highest BCUT2D eigenvalue weighted by atomic mass is 16.5. The highest BCUT2D eigenvalue weighted by molar-refractivity contribution is 5.09. The van der Waals surface area contributed by atoms with Crippen LogP contribution in [-0.2, 0) is 24.1 Å². The van der Waals surface area contributed by atoms with E-state index in [9.17, 15) is 5.11 Å². The molecule has 5 heteroatoms. The molecule has 1 aromatic heterocycles. The molecule has 3 heterocycles. The van der Waals surface area contributed by atoms with E-state index in [1.807, 2.05) is 6.20 Å². The van der Waals surface area contributed by atoms with Crippen LogP contribution in [0, 0.1) is 5.92 Å². The van der Waals surface area contributed by atoms with Gasteiger partial charge in [-0.05, 0) is 18.8 Å². The van der Waals surface area contributed by atoms with Crippen molar-refractivity contribution in [2.24, 2.45) is 5.92 Å². The number of fused-ring (bicyclic) bond motifs is 1. The minimum atomic E-state index is 0.300. The fourth-order valence-corrected chi connectivity index (χ4v) is 3.04. The SMILES string of the molecule is OCC1CCn2c(cnc2CCN2CCOCC2)C1. The second-order valence-electron chi connectivity index (χ2n) is 5.56. The van der Waals surface area contributed by atoms with Gasteiger partial charge in [0.15, 0.2) is 0 Å². The van der Waals surface area contributed by atoms with Crippen LogP contribution < -0.4 is 0 Å². The minimum Gasteiger partial charge on any atom is -0.396 e. The largest absolute Gasteiger partial charge is 0.396 e. The predicted molar refractivity (Wildman–Crippen MR) is 72.1 cm³/mol. The van der Waals surface area contributed by atoms with Crippen LogP contribution in [0.25, 0.3) is 0 Å². The normalized spacial score (nSPS) is 24.4. The molecule has 1 fully saturated rings. The number of aliphatic hydroxyl groups excluding tert-OH is 1. The van der Waals surface area contributed by atoms with E-state index in [1.165, 1.54) is 11.5 Å². The zero-order valence-electron chi connectivity index (χ0n) is 11.4. The third-order valence-electron chi connectivity index (χ3n) is 4.29. The van der Waals surface area contributed by atoms with Crippen molar-refractivity contribution in [1.82, 2.24) is 14.5 Å². The van der Waals surface area contributed by atoms with Gasteiger partial charge in [0.2, 0.25) is 0 Å². The summed E-state index contributed by atoms with van der Waals surface area (Å²) in [4.78, 5) is 7.02. The van der Waals surface area contributed by atoms with Crippen molar-refractivity contribution in [1.29, 1.82) is 0 Å². The summed E-state index contributed by atoms with van der Waals surface area (Å²) in [6.45, 7) is 6.19. The van der Waals surface area contributed by atoms with Gasteiger partial charge in [0.1, 0.15) is 5.82 Å². The lowest BCUT2D eigenvalue weighted by atomic mass is 9.97. The molecule has 2 aliphatic rings. The van der Waals surface area contributed by atoms with E-state index < -0.39 is 0 Å². The van der Waals surface area contributed by atoms with Gasteiger partial charge in [-0.1, -0.05) is 0 Å². The summed E-state index contributed by atoms with van der Waals surface area (Å²) in [5.74, 6) is 1.63. The Balaban J connectivity index is 1.58. The molecular weight excluding hydrogens is 242 g/mol. The molecular formula is C14H23N3O2. The Morgan fingerprint density at radius 3 is 2.95 bits per heavy atom. The van der Waals surface area contributed by atoms with Crippen LogP contribution in [0.15, 0.2) is 6.20 Å². The first kappa shape index (κ1) is 13.1. The molecule has 0 spiro atoms. The van der Waals surface area contributed by atoms with Gasteiger partial charge >= 0.3 is 0 Å². The summed E-state index contributed by atoms with van der Waals surface area (Å²) in [7, 11) is 0.